The Bertz CT molecular complexity index is 872. The first-order valence-electron chi connectivity index (χ1n) is 7.20. The van der Waals surface area contributed by atoms with E-state index in [2.05, 4.69) is 15.0 Å². The third-order valence-electron chi connectivity index (χ3n) is 4.07. The Morgan fingerprint density at radius 2 is 1.43 bits per heavy atom. The molecular formula is C18H12N4O. The van der Waals surface area contributed by atoms with Crippen LogP contribution in [0.1, 0.15) is 16.7 Å². The van der Waals surface area contributed by atoms with E-state index in [0.29, 0.717) is 11.5 Å². The maximum absolute atomic E-state index is 9.30. The van der Waals surface area contributed by atoms with Gasteiger partial charge in [0.05, 0.1) is 0 Å². The van der Waals surface area contributed by atoms with E-state index in [1.54, 1.807) is 12.4 Å². The summed E-state index contributed by atoms with van der Waals surface area (Å²) < 4.78 is 6.00. The van der Waals surface area contributed by atoms with Crippen LogP contribution in [-0.2, 0) is 5.54 Å². The van der Waals surface area contributed by atoms with E-state index in [9.17, 15) is 5.53 Å². The number of rotatable bonds is 2. The second kappa shape index (κ2) is 5.16. The van der Waals surface area contributed by atoms with Crippen LogP contribution >= 0.6 is 0 Å². The van der Waals surface area contributed by atoms with Crippen molar-refractivity contribution in [3.05, 3.63) is 100 Å². The molecule has 0 saturated carbocycles. The molecule has 1 aliphatic heterocycles. The van der Waals surface area contributed by atoms with Gasteiger partial charge in [0.15, 0.2) is 0 Å². The van der Waals surface area contributed by atoms with E-state index in [1.165, 1.54) is 0 Å². The van der Waals surface area contributed by atoms with Gasteiger partial charge in [-0.1, -0.05) is 41.5 Å². The van der Waals surface area contributed by atoms with Gasteiger partial charge in [-0.25, -0.2) is 0 Å². The van der Waals surface area contributed by atoms with Crippen molar-refractivity contribution in [3.8, 4) is 11.5 Å². The summed E-state index contributed by atoms with van der Waals surface area (Å²) in [6, 6.07) is 19.0. The number of para-hydroxylation sites is 2. The van der Waals surface area contributed by atoms with E-state index in [0.717, 1.165) is 16.7 Å². The van der Waals surface area contributed by atoms with Crippen molar-refractivity contribution < 1.29 is 4.74 Å². The minimum atomic E-state index is -0.969. The van der Waals surface area contributed by atoms with Gasteiger partial charge in [-0.15, -0.1) is 0 Å². The van der Waals surface area contributed by atoms with Crippen molar-refractivity contribution in [1.82, 2.24) is 4.98 Å². The van der Waals surface area contributed by atoms with E-state index < -0.39 is 5.54 Å². The molecule has 0 atom stereocenters. The molecule has 0 saturated heterocycles. The number of pyridine rings is 1. The predicted octanol–water partition coefficient (Wildman–Crippen LogP) is 4.79. The molecule has 23 heavy (non-hydrogen) atoms. The minimum absolute atomic E-state index is 0.690. The largest absolute Gasteiger partial charge is 0.457 e. The molecule has 0 spiro atoms. The van der Waals surface area contributed by atoms with Crippen molar-refractivity contribution in [2.45, 2.75) is 5.54 Å². The fraction of sp³-hybridized carbons (Fsp3) is 0.0556. The van der Waals surface area contributed by atoms with Crippen molar-refractivity contribution in [2.75, 3.05) is 0 Å². The summed E-state index contributed by atoms with van der Waals surface area (Å²) in [5.74, 6) is 1.38. The number of hydrogen-bond acceptors (Lipinski definition) is 3. The zero-order valence-electron chi connectivity index (χ0n) is 12.1. The molecule has 0 N–H and O–H groups in total. The number of hydrogen-bond donors (Lipinski definition) is 0. The molecule has 110 valence electrons. The van der Waals surface area contributed by atoms with E-state index in [1.807, 2.05) is 60.7 Å². The second-order valence-corrected chi connectivity index (χ2v) is 5.23. The van der Waals surface area contributed by atoms with Crippen molar-refractivity contribution in [3.63, 3.8) is 0 Å². The lowest BCUT2D eigenvalue weighted by molar-refractivity contribution is 0.420. The SMILES string of the molecule is [N-]=[N+]=NC1(c2ccncc2)c2ccccc2Oc2ccccc21. The molecule has 2 heterocycles. The summed E-state index contributed by atoms with van der Waals surface area (Å²) in [6.45, 7) is 0. The Balaban J connectivity index is 2.15. The molecule has 0 amide bonds. The molecule has 4 rings (SSSR count). The van der Waals surface area contributed by atoms with Gasteiger partial charge in [0.1, 0.15) is 17.0 Å². The monoisotopic (exact) mass is 300 g/mol. The molecule has 0 radical (unpaired) electrons. The van der Waals surface area contributed by atoms with Crippen molar-refractivity contribution in [2.24, 2.45) is 5.11 Å². The molecule has 0 fully saturated rings. The second-order valence-electron chi connectivity index (χ2n) is 5.23. The summed E-state index contributed by atoms with van der Waals surface area (Å²) in [7, 11) is 0. The maximum atomic E-state index is 9.30. The lowest BCUT2D eigenvalue weighted by Gasteiger charge is -2.36. The van der Waals surface area contributed by atoms with E-state index in [-0.39, 0.29) is 0 Å². The number of benzene rings is 2. The number of azide groups is 1. The standard InChI is InChI=1S/C18H12N4O/c19-22-21-18(13-9-11-20-12-10-13)14-5-1-3-7-16(14)23-17-8-4-2-6-15(17)18/h1-12H. The van der Waals surface area contributed by atoms with Crippen LogP contribution in [0.15, 0.2) is 78.2 Å². The molecular weight excluding hydrogens is 288 g/mol. The van der Waals surface area contributed by atoms with Gasteiger partial charge < -0.3 is 4.74 Å². The highest BCUT2D eigenvalue weighted by molar-refractivity contribution is 5.62. The lowest BCUT2D eigenvalue weighted by atomic mass is 9.76. The highest BCUT2D eigenvalue weighted by atomic mass is 16.5. The van der Waals surface area contributed by atoms with Crippen LogP contribution in [0.25, 0.3) is 10.4 Å². The number of fused-ring (bicyclic) bond motifs is 2. The number of ether oxygens (including phenoxy) is 1. The van der Waals surface area contributed by atoms with Crippen LogP contribution in [0.4, 0.5) is 0 Å². The normalized spacial score (nSPS) is 13.9. The Labute approximate surface area is 132 Å². The van der Waals surface area contributed by atoms with Gasteiger partial charge in [0, 0.05) is 28.4 Å². The lowest BCUT2D eigenvalue weighted by Crippen LogP contribution is -2.30. The van der Waals surface area contributed by atoms with Gasteiger partial charge in [-0.05, 0) is 35.4 Å². The fourth-order valence-corrected chi connectivity index (χ4v) is 3.11. The van der Waals surface area contributed by atoms with Gasteiger partial charge in [-0.3, -0.25) is 4.98 Å². The van der Waals surface area contributed by atoms with Crippen LogP contribution < -0.4 is 4.74 Å². The van der Waals surface area contributed by atoms with Gasteiger partial charge in [0.25, 0.3) is 0 Å². The van der Waals surface area contributed by atoms with E-state index >= 15 is 0 Å². The Morgan fingerprint density at radius 3 is 2.00 bits per heavy atom. The van der Waals surface area contributed by atoms with Crippen LogP contribution in [0.5, 0.6) is 11.5 Å². The van der Waals surface area contributed by atoms with Crippen molar-refractivity contribution in [1.29, 1.82) is 0 Å². The first kappa shape index (κ1) is 13.4. The molecule has 2 aromatic carbocycles. The average Bonchev–Trinajstić information content (AvgIpc) is 2.62. The molecule has 1 aromatic heterocycles. The highest BCUT2D eigenvalue weighted by Crippen LogP contribution is 2.52. The maximum Gasteiger partial charge on any atom is 0.132 e. The Morgan fingerprint density at radius 1 is 0.870 bits per heavy atom. The minimum Gasteiger partial charge on any atom is -0.457 e. The first-order valence-corrected chi connectivity index (χ1v) is 7.20. The summed E-state index contributed by atoms with van der Waals surface area (Å²) in [5, 5.41) is 4.24. The summed E-state index contributed by atoms with van der Waals surface area (Å²) in [4.78, 5) is 7.23. The number of aromatic nitrogens is 1. The molecule has 3 aromatic rings. The quantitative estimate of drug-likeness (QED) is 0.388. The molecule has 5 nitrogen and oxygen atoms in total. The molecule has 0 unspecified atom stereocenters. The predicted molar refractivity (Wildman–Crippen MR) is 86.2 cm³/mol. The number of nitrogens with zero attached hydrogens (tertiary/aromatic N) is 4. The van der Waals surface area contributed by atoms with Crippen LogP contribution in [0.2, 0.25) is 0 Å². The Hall–Kier alpha value is -3.30. The Kier molecular flexibility index (Phi) is 3.00. The van der Waals surface area contributed by atoms with Gasteiger partial charge in [-0.2, -0.15) is 0 Å². The zero-order chi connectivity index (χ0) is 15.7. The smallest absolute Gasteiger partial charge is 0.132 e. The summed E-state index contributed by atoms with van der Waals surface area (Å²) >= 11 is 0. The summed E-state index contributed by atoms with van der Waals surface area (Å²) in [5.41, 5.74) is 10.8. The fourth-order valence-electron chi connectivity index (χ4n) is 3.11. The van der Waals surface area contributed by atoms with Crippen LogP contribution in [0.3, 0.4) is 0 Å². The highest BCUT2D eigenvalue weighted by Gasteiger charge is 2.43. The van der Waals surface area contributed by atoms with E-state index in [4.69, 9.17) is 4.74 Å². The molecule has 0 aliphatic carbocycles. The third kappa shape index (κ3) is 1.88. The zero-order valence-corrected chi connectivity index (χ0v) is 12.1. The van der Waals surface area contributed by atoms with Crippen LogP contribution in [0, 0.1) is 0 Å². The molecule has 0 bridgehead atoms. The average molecular weight is 300 g/mol. The van der Waals surface area contributed by atoms with Gasteiger partial charge in [0.2, 0.25) is 0 Å². The topological polar surface area (TPSA) is 70.9 Å². The van der Waals surface area contributed by atoms with Gasteiger partial charge >= 0.3 is 0 Å². The first-order chi connectivity index (χ1) is 11.4. The third-order valence-corrected chi connectivity index (χ3v) is 4.07. The van der Waals surface area contributed by atoms with Crippen LogP contribution in [-0.4, -0.2) is 4.98 Å². The van der Waals surface area contributed by atoms with Crippen molar-refractivity contribution >= 4 is 0 Å². The summed E-state index contributed by atoms with van der Waals surface area (Å²) in [6.07, 6.45) is 3.40. The molecule has 1 aliphatic rings. The molecule has 5 heteroatoms.